The van der Waals surface area contributed by atoms with Crippen LogP contribution < -0.4 is 11.1 Å². The van der Waals surface area contributed by atoms with Crippen molar-refractivity contribution in [3.8, 4) is 0 Å². The standard InChI is InChI=1S/C15H22N2OS.ClH/c1-19-10-11-5-7-13(8-6-11)17-15(18)14-4-2-3-12(14)9-16;/h5-8,12,14H,2-4,9-10,16H2,1H3,(H,17,18);1H/t12-,14-;/m1./s1. The fourth-order valence-corrected chi connectivity index (χ4v) is 3.28. The van der Waals surface area contributed by atoms with Gasteiger partial charge < -0.3 is 11.1 Å². The fourth-order valence-electron chi connectivity index (χ4n) is 2.75. The van der Waals surface area contributed by atoms with Crippen LogP contribution in [0.3, 0.4) is 0 Å². The van der Waals surface area contributed by atoms with Crippen molar-refractivity contribution in [3.05, 3.63) is 29.8 Å². The van der Waals surface area contributed by atoms with Gasteiger partial charge in [0.1, 0.15) is 0 Å². The van der Waals surface area contributed by atoms with Crippen LogP contribution in [0, 0.1) is 11.8 Å². The van der Waals surface area contributed by atoms with Gasteiger partial charge in [0.25, 0.3) is 0 Å². The molecule has 0 unspecified atom stereocenters. The number of halogens is 1. The van der Waals surface area contributed by atoms with Crippen molar-refractivity contribution in [2.75, 3.05) is 18.1 Å². The van der Waals surface area contributed by atoms with Crippen LogP contribution in [0.4, 0.5) is 5.69 Å². The zero-order chi connectivity index (χ0) is 13.7. The van der Waals surface area contributed by atoms with E-state index in [-0.39, 0.29) is 24.2 Å². The minimum absolute atomic E-state index is 0. The summed E-state index contributed by atoms with van der Waals surface area (Å²) in [5.41, 5.74) is 7.90. The first-order valence-electron chi connectivity index (χ1n) is 6.83. The summed E-state index contributed by atoms with van der Waals surface area (Å²) in [4.78, 5) is 12.2. The Morgan fingerprint density at radius 3 is 2.65 bits per heavy atom. The Kier molecular flexibility index (Phi) is 7.41. The lowest BCUT2D eigenvalue weighted by molar-refractivity contribution is -0.120. The molecule has 0 aliphatic heterocycles. The second-order valence-corrected chi connectivity index (χ2v) is 6.02. The summed E-state index contributed by atoms with van der Waals surface area (Å²) in [6, 6.07) is 8.11. The van der Waals surface area contributed by atoms with Crippen molar-refractivity contribution in [2.45, 2.75) is 25.0 Å². The largest absolute Gasteiger partial charge is 0.330 e. The predicted molar refractivity (Wildman–Crippen MR) is 89.4 cm³/mol. The molecule has 112 valence electrons. The molecule has 2 atom stereocenters. The van der Waals surface area contributed by atoms with Crippen LogP contribution in [0.2, 0.25) is 0 Å². The maximum Gasteiger partial charge on any atom is 0.227 e. The Morgan fingerprint density at radius 1 is 1.35 bits per heavy atom. The molecule has 2 rings (SSSR count). The fraction of sp³-hybridized carbons (Fsp3) is 0.533. The van der Waals surface area contributed by atoms with E-state index in [0.717, 1.165) is 30.7 Å². The molecule has 1 amide bonds. The molecule has 0 heterocycles. The molecular formula is C15H23ClN2OS. The zero-order valence-electron chi connectivity index (χ0n) is 11.8. The molecule has 1 aromatic rings. The number of hydrogen-bond donors (Lipinski definition) is 2. The predicted octanol–water partition coefficient (Wildman–Crippen LogP) is 3.28. The summed E-state index contributed by atoms with van der Waals surface area (Å²) >= 11 is 1.80. The highest BCUT2D eigenvalue weighted by atomic mass is 35.5. The lowest BCUT2D eigenvalue weighted by Crippen LogP contribution is -2.29. The van der Waals surface area contributed by atoms with Gasteiger partial charge >= 0.3 is 0 Å². The van der Waals surface area contributed by atoms with Crippen LogP contribution in [-0.4, -0.2) is 18.7 Å². The first-order chi connectivity index (χ1) is 9.24. The number of rotatable bonds is 5. The number of carbonyl (C=O) groups excluding carboxylic acids is 1. The topological polar surface area (TPSA) is 55.1 Å². The Labute approximate surface area is 131 Å². The Morgan fingerprint density at radius 2 is 2.05 bits per heavy atom. The van der Waals surface area contributed by atoms with Gasteiger partial charge in [-0.2, -0.15) is 11.8 Å². The molecule has 0 aromatic heterocycles. The molecule has 1 aliphatic carbocycles. The molecule has 0 bridgehead atoms. The van der Waals surface area contributed by atoms with Crippen molar-refractivity contribution in [3.63, 3.8) is 0 Å². The smallest absolute Gasteiger partial charge is 0.227 e. The quantitative estimate of drug-likeness (QED) is 0.877. The molecule has 3 N–H and O–H groups in total. The molecule has 1 aromatic carbocycles. The second kappa shape index (κ2) is 8.55. The van der Waals surface area contributed by atoms with Crippen molar-refractivity contribution in [1.82, 2.24) is 0 Å². The number of nitrogens with two attached hydrogens (primary N) is 1. The van der Waals surface area contributed by atoms with Crippen LogP contribution in [0.1, 0.15) is 24.8 Å². The van der Waals surface area contributed by atoms with E-state index in [0.29, 0.717) is 12.5 Å². The highest BCUT2D eigenvalue weighted by Crippen LogP contribution is 2.31. The third kappa shape index (κ3) is 4.40. The summed E-state index contributed by atoms with van der Waals surface area (Å²) in [5.74, 6) is 1.59. The van der Waals surface area contributed by atoms with Crippen LogP contribution in [0.25, 0.3) is 0 Å². The number of benzene rings is 1. The monoisotopic (exact) mass is 314 g/mol. The van der Waals surface area contributed by atoms with E-state index in [1.54, 1.807) is 11.8 Å². The highest BCUT2D eigenvalue weighted by molar-refractivity contribution is 7.97. The van der Waals surface area contributed by atoms with Gasteiger partial charge in [-0.3, -0.25) is 4.79 Å². The molecular weight excluding hydrogens is 292 g/mol. The maximum absolute atomic E-state index is 12.2. The van der Waals surface area contributed by atoms with Crippen molar-refractivity contribution >= 4 is 35.8 Å². The van der Waals surface area contributed by atoms with E-state index in [2.05, 4.69) is 23.7 Å². The average Bonchev–Trinajstić information content (AvgIpc) is 2.90. The Bertz CT molecular complexity index is 424. The van der Waals surface area contributed by atoms with Gasteiger partial charge in [0.05, 0.1) is 0 Å². The van der Waals surface area contributed by atoms with Crippen LogP contribution in [0.15, 0.2) is 24.3 Å². The Hall–Kier alpha value is -0.710. The van der Waals surface area contributed by atoms with Crippen molar-refractivity contribution in [1.29, 1.82) is 0 Å². The summed E-state index contributed by atoms with van der Waals surface area (Å²) < 4.78 is 0. The summed E-state index contributed by atoms with van der Waals surface area (Å²) in [6.45, 7) is 0.616. The zero-order valence-corrected chi connectivity index (χ0v) is 13.4. The highest BCUT2D eigenvalue weighted by Gasteiger charge is 2.31. The molecule has 0 saturated heterocycles. The lowest BCUT2D eigenvalue weighted by atomic mass is 9.95. The van der Waals surface area contributed by atoms with E-state index in [1.165, 1.54) is 5.56 Å². The third-order valence-electron chi connectivity index (χ3n) is 3.83. The van der Waals surface area contributed by atoms with Gasteiger partial charge in [0, 0.05) is 17.4 Å². The van der Waals surface area contributed by atoms with Crippen molar-refractivity contribution in [2.24, 2.45) is 17.6 Å². The molecule has 0 radical (unpaired) electrons. The number of carbonyl (C=O) groups is 1. The molecule has 3 nitrogen and oxygen atoms in total. The third-order valence-corrected chi connectivity index (χ3v) is 4.45. The minimum atomic E-state index is 0. The van der Waals surface area contributed by atoms with Crippen LogP contribution in [-0.2, 0) is 10.5 Å². The lowest BCUT2D eigenvalue weighted by Gasteiger charge is -2.17. The van der Waals surface area contributed by atoms with Crippen molar-refractivity contribution < 1.29 is 4.79 Å². The van der Waals surface area contributed by atoms with Gasteiger partial charge in [-0.25, -0.2) is 0 Å². The molecule has 20 heavy (non-hydrogen) atoms. The number of thioether (sulfide) groups is 1. The van der Waals surface area contributed by atoms with Gasteiger partial charge in [0.15, 0.2) is 0 Å². The number of anilines is 1. The molecule has 0 spiro atoms. The molecule has 1 fully saturated rings. The van der Waals surface area contributed by atoms with E-state index in [1.807, 2.05) is 12.1 Å². The average molecular weight is 315 g/mol. The van der Waals surface area contributed by atoms with Gasteiger partial charge in [0.2, 0.25) is 5.91 Å². The summed E-state index contributed by atoms with van der Waals surface area (Å²) in [6.07, 6.45) is 5.26. The maximum atomic E-state index is 12.2. The van der Waals surface area contributed by atoms with E-state index in [4.69, 9.17) is 5.73 Å². The first-order valence-corrected chi connectivity index (χ1v) is 8.22. The summed E-state index contributed by atoms with van der Waals surface area (Å²) in [5, 5.41) is 3.02. The Balaban J connectivity index is 0.00000200. The molecule has 1 aliphatic rings. The number of amides is 1. The molecule has 5 heteroatoms. The van der Waals surface area contributed by atoms with Crippen LogP contribution >= 0.6 is 24.2 Å². The number of nitrogens with one attached hydrogen (secondary N) is 1. The van der Waals surface area contributed by atoms with Crippen LogP contribution in [0.5, 0.6) is 0 Å². The van der Waals surface area contributed by atoms with E-state index >= 15 is 0 Å². The van der Waals surface area contributed by atoms with Gasteiger partial charge in [-0.05, 0) is 49.3 Å². The minimum Gasteiger partial charge on any atom is -0.330 e. The van der Waals surface area contributed by atoms with E-state index < -0.39 is 0 Å². The van der Waals surface area contributed by atoms with Gasteiger partial charge in [-0.15, -0.1) is 12.4 Å². The second-order valence-electron chi connectivity index (χ2n) is 5.15. The summed E-state index contributed by atoms with van der Waals surface area (Å²) in [7, 11) is 0. The van der Waals surface area contributed by atoms with E-state index in [9.17, 15) is 4.79 Å². The molecule has 1 saturated carbocycles. The van der Waals surface area contributed by atoms with Gasteiger partial charge in [-0.1, -0.05) is 18.6 Å². The first kappa shape index (κ1) is 17.3. The normalized spacial score (nSPS) is 21.3. The SMILES string of the molecule is CSCc1ccc(NC(=O)[C@@H]2CCC[C@@H]2CN)cc1.Cl. The number of hydrogen-bond acceptors (Lipinski definition) is 3.